The fraction of sp³-hybridized carbons (Fsp3) is 0.381. The smallest absolute Gasteiger partial charge is 0.346 e. The minimum atomic E-state index is -4.47. The topological polar surface area (TPSA) is 69.6 Å². The number of rotatable bonds is 3. The molecule has 1 N–H and O–H groups in total. The number of halogens is 3. The van der Waals surface area contributed by atoms with Crippen molar-refractivity contribution in [1.82, 2.24) is 0 Å². The zero-order chi connectivity index (χ0) is 21.5. The predicted molar refractivity (Wildman–Crippen MR) is 104 cm³/mol. The molecule has 0 radical (unpaired) electrons. The van der Waals surface area contributed by atoms with Crippen molar-refractivity contribution in [3.63, 3.8) is 0 Å². The van der Waals surface area contributed by atoms with Gasteiger partial charge in [0.2, 0.25) is 0 Å². The molecule has 30 heavy (non-hydrogen) atoms. The van der Waals surface area contributed by atoms with E-state index < -0.39 is 22.4 Å². The maximum atomic E-state index is 13.2. The van der Waals surface area contributed by atoms with Crippen LogP contribution in [0.4, 0.5) is 24.5 Å². The van der Waals surface area contributed by atoms with Gasteiger partial charge in [-0.25, -0.2) is 9.48 Å². The first-order valence-electron chi connectivity index (χ1n) is 9.76. The van der Waals surface area contributed by atoms with Crippen LogP contribution in [0.15, 0.2) is 48.5 Å². The number of hydrogen-bond donors (Lipinski definition) is 1. The standard InChI is InChI=1S/C21H21F3N3O3/c22-21(23,24)16-7-5-8-17(13-16)25-14-20(28,26-11-3-1-2-10-19(25)26)15-6-4-9-18(12-15)27(29)30/h4-9,12-13,28H,1-3,10-11,14H2/q+1. The third-order valence-corrected chi connectivity index (χ3v) is 5.73. The lowest BCUT2D eigenvalue weighted by Gasteiger charge is -2.23. The van der Waals surface area contributed by atoms with Crippen molar-refractivity contribution in [1.29, 1.82) is 0 Å². The molecule has 0 amide bonds. The second-order valence-electron chi connectivity index (χ2n) is 7.64. The molecule has 2 heterocycles. The molecule has 9 heteroatoms. The zero-order valence-electron chi connectivity index (χ0n) is 16.1. The fourth-order valence-electron chi connectivity index (χ4n) is 4.28. The van der Waals surface area contributed by atoms with Crippen LogP contribution in [0, 0.1) is 10.1 Å². The van der Waals surface area contributed by atoms with Crippen LogP contribution in [-0.2, 0) is 11.9 Å². The molecule has 0 aliphatic carbocycles. The Bertz CT molecular complexity index is 1020. The average molecular weight is 420 g/mol. The highest BCUT2D eigenvalue weighted by Crippen LogP contribution is 2.38. The van der Waals surface area contributed by atoms with E-state index in [0.29, 0.717) is 24.2 Å². The van der Waals surface area contributed by atoms with Crippen molar-refractivity contribution in [2.45, 2.75) is 37.6 Å². The molecule has 2 aliphatic rings. The third-order valence-electron chi connectivity index (χ3n) is 5.73. The molecule has 2 aromatic carbocycles. The van der Waals surface area contributed by atoms with Gasteiger partial charge < -0.3 is 5.11 Å². The van der Waals surface area contributed by atoms with E-state index in [1.807, 2.05) is 0 Å². The monoisotopic (exact) mass is 420 g/mol. The van der Waals surface area contributed by atoms with Gasteiger partial charge >= 0.3 is 6.18 Å². The third kappa shape index (κ3) is 3.54. The van der Waals surface area contributed by atoms with Crippen LogP contribution in [0.5, 0.6) is 0 Å². The SMILES string of the molecule is O=[N+]([O-])c1cccc(C2(O)CN(c3cccc(C(F)(F)F)c3)C3=[N+]2CCCCC3)c1. The van der Waals surface area contributed by atoms with E-state index in [1.54, 1.807) is 21.6 Å². The van der Waals surface area contributed by atoms with Gasteiger partial charge in [-0.15, -0.1) is 0 Å². The van der Waals surface area contributed by atoms with Crippen molar-refractivity contribution in [2.75, 3.05) is 18.0 Å². The Morgan fingerprint density at radius 3 is 2.60 bits per heavy atom. The van der Waals surface area contributed by atoms with E-state index >= 15 is 0 Å². The number of benzene rings is 2. The molecular weight excluding hydrogens is 399 g/mol. The van der Waals surface area contributed by atoms with Crippen molar-refractivity contribution in [3.8, 4) is 0 Å². The summed E-state index contributed by atoms with van der Waals surface area (Å²) in [5.74, 6) is 0.737. The van der Waals surface area contributed by atoms with E-state index in [9.17, 15) is 28.4 Å². The molecule has 1 unspecified atom stereocenters. The number of alkyl halides is 3. The Hall–Kier alpha value is -2.94. The van der Waals surface area contributed by atoms with Crippen molar-refractivity contribution < 1.29 is 27.8 Å². The fourth-order valence-corrected chi connectivity index (χ4v) is 4.28. The number of nitro benzene ring substituents is 1. The molecular formula is C21H21F3N3O3+. The highest BCUT2D eigenvalue weighted by molar-refractivity contribution is 5.96. The summed E-state index contributed by atoms with van der Waals surface area (Å²) in [5.41, 5.74) is -1.78. The van der Waals surface area contributed by atoms with E-state index in [2.05, 4.69) is 0 Å². The number of hydrogen-bond acceptors (Lipinski definition) is 4. The molecule has 0 bridgehead atoms. The second kappa shape index (κ2) is 7.39. The Balaban J connectivity index is 1.81. The molecule has 0 saturated heterocycles. The van der Waals surface area contributed by atoms with Gasteiger partial charge in [0.05, 0.1) is 17.0 Å². The highest BCUT2D eigenvalue weighted by Gasteiger charge is 2.52. The summed E-state index contributed by atoms with van der Waals surface area (Å²) < 4.78 is 41.5. The van der Waals surface area contributed by atoms with Gasteiger partial charge in [0.1, 0.15) is 5.69 Å². The average Bonchev–Trinajstić information content (AvgIpc) is 2.86. The van der Waals surface area contributed by atoms with E-state index in [-0.39, 0.29) is 12.2 Å². The van der Waals surface area contributed by atoms with Gasteiger partial charge in [0, 0.05) is 24.1 Å². The van der Waals surface area contributed by atoms with Crippen LogP contribution >= 0.6 is 0 Å². The summed E-state index contributed by atoms with van der Waals surface area (Å²) >= 11 is 0. The van der Waals surface area contributed by atoms with E-state index in [0.717, 1.165) is 37.2 Å². The Morgan fingerprint density at radius 1 is 1.10 bits per heavy atom. The minimum Gasteiger partial charge on any atom is -0.346 e. The quantitative estimate of drug-likeness (QED) is 0.458. The van der Waals surface area contributed by atoms with Gasteiger partial charge in [-0.3, -0.25) is 10.1 Å². The maximum Gasteiger partial charge on any atom is 0.416 e. The number of anilines is 1. The molecule has 6 nitrogen and oxygen atoms in total. The van der Waals surface area contributed by atoms with Gasteiger partial charge in [-0.1, -0.05) is 18.2 Å². The van der Waals surface area contributed by atoms with Crippen molar-refractivity contribution in [2.24, 2.45) is 0 Å². The molecule has 2 aromatic rings. The number of nitro groups is 1. The molecule has 0 spiro atoms. The number of β-amino-alcohol motifs (C(OH)–C–C–N with tert-alkyl or cyclic N) is 1. The van der Waals surface area contributed by atoms with Crippen LogP contribution in [0.2, 0.25) is 0 Å². The first kappa shape index (κ1) is 20.3. The predicted octanol–water partition coefficient (Wildman–Crippen LogP) is 4.26. The van der Waals surface area contributed by atoms with Crippen molar-refractivity contribution in [3.05, 3.63) is 69.8 Å². The number of amidine groups is 1. The summed E-state index contributed by atoms with van der Waals surface area (Å²) in [6.45, 7) is 0.509. The summed E-state index contributed by atoms with van der Waals surface area (Å²) in [6.07, 6.45) is -1.27. The van der Waals surface area contributed by atoms with Crippen LogP contribution in [0.3, 0.4) is 0 Å². The summed E-state index contributed by atoms with van der Waals surface area (Å²) in [6, 6.07) is 10.8. The van der Waals surface area contributed by atoms with Crippen LogP contribution in [-0.4, -0.2) is 33.5 Å². The van der Waals surface area contributed by atoms with Gasteiger partial charge in [0.15, 0.2) is 6.54 Å². The Kier molecular flexibility index (Phi) is 5.01. The van der Waals surface area contributed by atoms with Gasteiger partial charge in [-0.2, -0.15) is 13.2 Å². The molecule has 0 aromatic heterocycles. The number of nitrogens with zero attached hydrogens (tertiary/aromatic N) is 3. The largest absolute Gasteiger partial charge is 0.416 e. The van der Waals surface area contributed by atoms with E-state index in [1.165, 1.54) is 24.3 Å². The molecule has 0 fully saturated rings. The zero-order valence-corrected chi connectivity index (χ0v) is 16.1. The van der Waals surface area contributed by atoms with E-state index in [4.69, 9.17) is 0 Å². The van der Waals surface area contributed by atoms with Gasteiger partial charge in [-0.05, 0) is 37.5 Å². The van der Waals surface area contributed by atoms with Crippen LogP contribution in [0.25, 0.3) is 0 Å². The first-order chi connectivity index (χ1) is 14.2. The lowest BCUT2D eigenvalue weighted by molar-refractivity contribution is -0.658. The second-order valence-corrected chi connectivity index (χ2v) is 7.64. The summed E-state index contributed by atoms with van der Waals surface area (Å²) in [7, 11) is 0. The van der Waals surface area contributed by atoms with Crippen LogP contribution in [0.1, 0.15) is 36.8 Å². The number of non-ortho nitro benzene ring substituents is 1. The molecule has 2 aliphatic heterocycles. The molecule has 158 valence electrons. The van der Waals surface area contributed by atoms with Crippen molar-refractivity contribution >= 4 is 17.2 Å². The minimum absolute atomic E-state index is 0.00912. The summed E-state index contributed by atoms with van der Waals surface area (Å²) in [4.78, 5) is 12.4. The lowest BCUT2D eigenvalue weighted by atomic mass is 10.0. The first-order valence-corrected chi connectivity index (χ1v) is 9.76. The molecule has 4 rings (SSSR count). The normalized spacial score (nSPS) is 22.1. The summed E-state index contributed by atoms with van der Waals surface area (Å²) in [5, 5.41) is 22.9. The molecule has 1 atom stereocenters. The number of aliphatic hydroxyl groups is 1. The van der Waals surface area contributed by atoms with Gasteiger partial charge in [0.25, 0.3) is 17.2 Å². The lowest BCUT2D eigenvalue weighted by Crippen LogP contribution is -2.41. The maximum absolute atomic E-state index is 13.2. The highest BCUT2D eigenvalue weighted by atomic mass is 19.4. The Labute approximate surface area is 171 Å². The molecule has 0 saturated carbocycles. The Morgan fingerprint density at radius 2 is 1.87 bits per heavy atom. The van der Waals surface area contributed by atoms with Crippen LogP contribution < -0.4 is 4.90 Å².